The molecule has 1 atom stereocenters. The zero-order chi connectivity index (χ0) is 22.3. The molecule has 0 saturated carbocycles. The number of benzene rings is 2. The van der Waals surface area contributed by atoms with Gasteiger partial charge in [0.1, 0.15) is 0 Å². The van der Waals surface area contributed by atoms with E-state index in [1.807, 2.05) is 0 Å². The Morgan fingerprint density at radius 2 is 1.83 bits per heavy atom. The second-order valence-corrected chi connectivity index (χ2v) is 10.5. The molecule has 1 amide bonds. The Labute approximate surface area is 178 Å². The standard InChI is InChI=1S/C18H17ClN2O7S2/c1-11-10-29(24,25)21(17(11)22)13-4-6-14(7-5-13)30(26,27)20-16-9-12(18(23)28-2)3-8-15(16)19/h3-9,11,20H,10H2,1-2H3/t11-/m1/s1. The number of esters is 1. The largest absolute Gasteiger partial charge is 0.465 e. The van der Waals surface area contributed by atoms with Gasteiger partial charge in [0.15, 0.2) is 0 Å². The highest BCUT2D eigenvalue weighted by Crippen LogP contribution is 2.30. The number of nitrogens with one attached hydrogen (secondary N) is 1. The summed E-state index contributed by atoms with van der Waals surface area (Å²) in [5.74, 6) is -2.22. The molecule has 160 valence electrons. The molecule has 9 nitrogen and oxygen atoms in total. The predicted octanol–water partition coefficient (Wildman–Crippen LogP) is 2.24. The summed E-state index contributed by atoms with van der Waals surface area (Å²) in [7, 11) is -6.73. The van der Waals surface area contributed by atoms with Crippen LogP contribution >= 0.6 is 11.6 Å². The van der Waals surface area contributed by atoms with Crippen LogP contribution in [0.5, 0.6) is 0 Å². The molecule has 0 radical (unpaired) electrons. The predicted molar refractivity (Wildman–Crippen MR) is 110 cm³/mol. The molecule has 1 aliphatic rings. The monoisotopic (exact) mass is 472 g/mol. The SMILES string of the molecule is COC(=O)c1ccc(Cl)c(NS(=O)(=O)c2ccc(N3C(=O)[C@H](C)CS3(=O)=O)cc2)c1. The molecule has 1 fully saturated rings. The van der Waals surface area contributed by atoms with Crippen molar-refractivity contribution in [3.8, 4) is 0 Å². The van der Waals surface area contributed by atoms with Gasteiger partial charge in [0, 0.05) is 0 Å². The maximum atomic E-state index is 12.7. The van der Waals surface area contributed by atoms with Crippen LogP contribution in [0.2, 0.25) is 5.02 Å². The van der Waals surface area contributed by atoms with E-state index < -0.39 is 37.8 Å². The average molecular weight is 473 g/mol. The van der Waals surface area contributed by atoms with Crippen LogP contribution in [0.15, 0.2) is 47.4 Å². The summed E-state index contributed by atoms with van der Waals surface area (Å²) in [6, 6.07) is 8.76. The van der Waals surface area contributed by atoms with E-state index in [1.165, 1.54) is 56.5 Å². The number of rotatable bonds is 5. The topological polar surface area (TPSA) is 127 Å². The summed E-state index contributed by atoms with van der Waals surface area (Å²) in [5.41, 5.74) is 0.116. The Kier molecular flexibility index (Phi) is 5.81. The Hall–Kier alpha value is -2.63. The second-order valence-electron chi connectivity index (χ2n) is 6.57. The molecule has 30 heavy (non-hydrogen) atoms. The molecule has 1 saturated heterocycles. The zero-order valence-corrected chi connectivity index (χ0v) is 18.2. The molecule has 0 bridgehead atoms. The Balaban J connectivity index is 1.90. The number of carbonyl (C=O) groups excluding carboxylic acids is 2. The van der Waals surface area contributed by atoms with Gasteiger partial charge in [-0.1, -0.05) is 18.5 Å². The van der Waals surface area contributed by atoms with Crippen molar-refractivity contribution < 1.29 is 31.2 Å². The van der Waals surface area contributed by atoms with Gasteiger partial charge in [-0.3, -0.25) is 9.52 Å². The Morgan fingerprint density at radius 3 is 2.37 bits per heavy atom. The third-order valence-corrected chi connectivity index (χ3v) is 7.95. The lowest BCUT2D eigenvalue weighted by Crippen LogP contribution is -2.30. The van der Waals surface area contributed by atoms with Crippen molar-refractivity contribution in [2.24, 2.45) is 5.92 Å². The van der Waals surface area contributed by atoms with E-state index in [9.17, 15) is 26.4 Å². The summed E-state index contributed by atoms with van der Waals surface area (Å²) in [6.45, 7) is 1.51. The van der Waals surface area contributed by atoms with Crippen LogP contribution in [0.1, 0.15) is 17.3 Å². The second kappa shape index (κ2) is 7.89. The van der Waals surface area contributed by atoms with Crippen LogP contribution in [-0.4, -0.2) is 41.6 Å². The van der Waals surface area contributed by atoms with Gasteiger partial charge >= 0.3 is 5.97 Å². The molecule has 2 aromatic rings. The highest BCUT2D eigenvalue weighted by molar-refractivity contribution is 7.94. The van der Waals surface area contributed by atoms with Crippen molar-refractivity contribution in [1.82, 2.24) is 0 Å². The molecule has 1 aliphatic heterocycles. The average Bonchev–Trinajstić information content (AvgIpc) is 2.89. The van der Waals surface area contributed by atoms with E-state index in [4.69, 9.17) is 11.6 Å². The fourth-order valence-corrected chi connectivity index (χ4v) is 6.01. The van der Waals surface area contributed by atoms with Crippen molar-refractivity contribution in [2.75, 3.05) is 21.9 Å². The van der Waals surface area contributed by atoms with Gasteiger partial charge in [0.25, 0.3) is 10.0 Å². The lowest BCUT2D eigenvalue weighted by atomic mass is 10.2. The summed E-state index contributed by atoms with van der Waals surface area (Å²) >= 11 is 6.02. The van der Waals surface area contributed by atoms with Crippen LogP contribution in [-0.2, 0) is 29.6 Å². The molecular formula is C18H17ClN2O7S2. The summed E-state index contributed by atoms with van der Waals surface area (Å²) in [6.07, 6.45) is 0. The van der Waals surface area contributed by atoms with E-state index in [-0.39, 0.29) is 32.6 Å². The molecular weight excluding hydrogens is 456 g/mol. The van der Waals surface area contributed by atoms with E-state index in [0.29, 0.717) is 4.31 Å². The first-order valence-corrected chi connectivity index (χ1v) is 12.0. The van der Waals surface area contributed by atoms with E-state index >= 15 is 0 Å². The molecule has 0 unspecified atom stereocenters. The molecule has 3 rings (SSSR count). The summed E-state index contributed by atoms with van der Waals surface area (Å²) in [5, 5.41) is 0.0607. The minimum Gasteiger partial charge on any atom is -0.465 e. The van der Waals surface area contributed by atoms with Gasteiger partial charge < -0.3 is 4.74 Å². The lowest BCUT2D eigenvalue weighted by molar-refractivity contribution is -0.119. The minimum atomic E-state index is -4.12. The highest BCUT2D eigenvalue weighted by atomic mass is 35.5. The number of anilines is 2. The first kappa shape index (κ1) is 22.1. The van der Waals surface area contributed by atoms with Gasteiger partial charge in [-0.2, -0.15) is 0 Å². The van der Waals surface area contributed by atoms with Crippen molar-refractivity contribution >= 4 is 54.9 Å². The van der Waals surface area contributed by atoms with Crippen LogP contribution in [0.3, 0.4) is 0 Å². The fourth-order valence-electron chi connectivity index (χ4n) is 2.90. The molecule has 2 aromatic carbocycles. The molecule has 0 aromatic heterocycles. The summed E-state index contributed by atoms with van der Waals surface area (Å²) < 4.78 is 57.3. The van der Waals surface area contributed by atoms with Crippen molar-refractivity contribution in [2.45, 2.75) is 11.8 Å². The number of methoxy groups -OCH3 is 1. The number of carbonyl (C=O) groups is 2. The zero-order valence-electron chi connectivity index (χ0n) is 15.8. The third-order valence-electron chi connectivity index (χ3n) is 4.37. The maximum Gasteiger partial charge on any atom is 0.337 e. The van der Waals surface area contributed by atoms with Crippen molar-refractivity contribution in [1.29, 1.82) is 0 Å². The van der Waals surface area contributed by atoms with E-state index in [1.54, 1.807) is 0 Å². The number of halogens is 1. The fraction of sp³-hybridized carbons (Fsp3) is 0.222. The third kappa shape index (κ3) is 4.13. The van der Waals surface area contributed by atoms with Gasteiger partial charge in [-0.25, -0.2) is 25.9 Å². The van der Waals surface area contributed by atoms with Crippen LogP contribution in [0, 0.1) is 5.92 Å². The molecule has 0 spiro atoms. The van der Waals surface area contributed by atoms with Crippen molar-refractivity contribution in [3.63, 3.8) is 0 Å². The molecule has 1 heterocycles. The van der Waals surface area contributed by atoms with Gasteiger partial charge in [-0.05, 0) is 42.5 Å². The van der Waals surface area contributed by atoms with E-state index in [0.717, 1.165) is 0 Å². The number of amides is 1. The Bertz CT molecular complexity index is 1230. The maximum absolute atomic E-state index is 12.7. The number of hydrogen-bond donors (Lipinski definition) is 1. The first-order chi connectivity index (χ1) is 14.0. The molecule has 12 heteroatoms. The van der Waals surface area contributed by atoms with Crippen LogP contribution < -0.4 is 9.03 Å². The van der Waals surface area contributed by atoms with Crippen LogP contribution in [0.25, 0.3) is 0 Å². The van der Waals surface area contributed by atoms with Crippen molar-refractivity contribution in [3.05, 3.63) is 53.1 Å². The van der Waals surface area contributed by atoms with Gasteiger partial charge in [-0.15, -0.1) is 0 Å². The number of hydrogen-bond acceptors (Lipinski definition) is 7. The molecule has 1 N–H and O–H groups in total. The van der Waals surface area contributed by atoms with Crippen LogP contribution in [0.4, 0.5) is 11.4 Å². The first-order valence-electron chi connectivity index (χ1n) is 8.54. The Morgan fingerprint density at radius 1 is 1.20 bits per heavy atom. The minimum absolute atomic E-state index is 0.0326. The highest BCUT2D eigenvalue weighted by Gasteiger charge is 2.42. The summed E-state index contributed by atoms with van der Waals surface area (Å²) in [4.78, 5) is 23.6. The number of sulfonamides is 2. The number of nitrogens with zero attached hydrogens (tertiary/aromatic N) is 1. The quantitative estimate of drug-likeness (QED) is 0.661. The van der Waals surface area contributed by atoms with E-state index in [2.05, 4.69) is 9.46 Å². The normalized spacial score (nSPS) is 18.3. The lowest BCUT2D eigenvalue weighted by Gasteiger charge is -2.16. The van der Waals surface area contributed by atoms with Gasteiger partial charge in [0.2, 0.25) is 15.9 Å². The van der Waals surface area contributed by atoms with Gasteiger partial charge in [0.05, 0.1) is 45.6 Å². The molecule has 0 aliphatic carbocycles. The smallest absolute Gasteiger partial charge is 0.337 e. The number of ether oxygens (including phenoxy) is 1.